The third-order valence-corrected chi connectivity index (χ3v) is 5.20. The number of aromatic nitrogens is 1. The summed E-state index contributed by atoms with van der Waals surface area (Å²) in [4.78, 5) is 17.1. The normalized spacial score (nSPS) is 19.0. The number of carbonyl (C=O) groups is 1. The van der Waals surface area contributed by atoms with E-state index in [0.717, 1.165) is 36.0 Å². The maximum atomic E-state index is 12.6. The van der Waals surface area contributed by atoms with E-state index in [1.54, 1.807) is 0 Å². The number of amides is 1. The number of nitrogens with zero attached hydrogens (tertiary/aromatic N) is 1. The first-order valence-electron chi connectivity index (χ1n) is 9.17. The molecule has 0 saturated heterocycles. The molecule has 2 aromatic carbocycles. The lowest BCUT2D eigenvalue weighted by atomic mass is 9.95. The van der Waals surface area contributed by atoms with Crippen molar-refractivity contribution in [2.24, 2.45) is 17.6 Å². The predicted molar refractivity (Wildman–Crippen MR) is 109 cm³/mol. The molecule has 142 valence electrons. The maximum Gasteiger partial charge on any atom is 0.227 e. The van der Waals surface area contributed by atoms with Crippen molar-refractivity contribution in [1.29, 1.82) is 0 Å². The van der Waals surface area contributed by atoms with Crippen LogP contribution in [0.2, 0.25) is 0 Å². The van der Waals surface area contributed by atoms with Gasteiger partial charge in [0.1, 0.15) is 5.52 Å². The summed E-state index contributed by atoms with van der Waals surface area (Å²) >= 11 is 0. The Labute approximate surface area is 164 Å². The summed E-state index contributed by atoms with van der Waals surface area (Å²) in [7, 11) is 0. The Morgan fingerprint density at radius 1 is 1.19 bits per heavy atom. The number of fused-ring (bicyclic) bond motifs is 1. The van der Waals surface area contributed by atoms with Crippen molar-refractivity contribution in [2.45, 2.75) is 25.7 Å². The zero-order chi connectivity index (χ0) is 17.9. The molecule has 1 fully saturated rings. The molecule has 1 aliphatic rings. The molecule has 3 N–H and O–H groups in total. The molecule has 1 amide bonds. The Bertz CT molecular complexity index is 910. The smallest absolute Gasteiger partial charge is 0.227 e. The van der Waals surface area contributed by atoms with Crippen LogP contribution in [0.15, 0.2) is 52.9 Å². The summed E-state index contributed by atoms with van der Waals surface area (Å²) in [6.07, 6.45) is 3.68. The number of benzene rings is 2. The van der Waals surface area contributed by atoms with Crippen molar-refractivity contribution < 1.29 is 9.21 Å². The Morgan fingerprint density at radius 2 is 2.00 bits per heavy atom. The highest BCUT2D eigenvalue weighted by Gasteiger charge is 2.31. The lowest BCUT2D eigenvalue weighted by Gasteiger charge is -2.17. The molecule has 0 bridgehead atoms. The lowest BCUT2D eigenvalue weighted by molar-refractivity contribution is -0.120. The van der Waals surface area contributed by atoms with Crippen molar-refractivity contribution in [1.82, 2.24) is 4.98 Å². The van der Waals surface area contributed by atoms with E-state index in [1.165, 1.54) is 0 Å². The second kappa shape index (κ2) is 8.55. The topological polar surface area (TPSA) is 81.2 Å². The van der Waals surface area contributed by atoms with E-state index in [9.17, 15) is 4.79 Å². The third-order valence-electron chi connectivity index (χ3n) is 5.20. The third kappa shape index (κ3) is 4.31. The average Bonchev–Trinajstić information content (AvgIpc) is 3.28. The monoisotopic (exact) mass is 385 g/mol. The highest BCUT2D eigenvalue weighted by Crippen LogP contribution is 2.32. The van der Waals surface area contributed by atoms with Gasteiger partial charge in [0.2, 0.25) is 5.91 Å². The van der Waals surface area contributed by atoms with E-state index >= 15 is 0 Å². The minimum Gasteiger partial charge on any atom is -0.440 e. The summed E-state index contributed by atoms with van der Waals surface area (Å²) in [5.41, 5.74) is 9.18. The van der Waals surface area contributed by atoms with Crippen LogP contribution in [0.25, 0.3) is 11.1 Å². The number of anilines is 1. The van der Waals surface area contributed by atoms with Crippen molar-refractivity contribution in [3.63, 3.8) is 0 Å². The molecule has 1 saturated carbocycles. The van der Waals surface area contributed by atoms with Crippen LogP contribution in [0.4, 0.5) is 5.69 Å². The molecule has 0 aliphatic heterocycles. The number of rotatable bonds is 5. The minimum absolute atomic E-state index is 0. The Hall–Kier alpha value is -2.37. The van der Waals surface area contributed by atoms with Gasteiger partial charge in [-0.05, 0) is 43.0 Å². The van der Waals surface area contributed by atoms with Crippen molar-refractivity contribution in [3.8, 4) is 0 Å². The zero-order valence-corrected chi connectivity index (χ0v) is 15.9. The number of carbonyl (C=O) groups excluding carboxylic acids is 1. The van der Waals surface area contributed by atoms with E-state index in [4.69, 9.17) is 10.2 Å². The molecule has 0 unspecified atom stereocenters. The summed E-state index contributed by atoms with van der Waals surface area (Å²) < 4.78 is 5.88. The van der Waals surface area contributed by atoms with Gasteiger partial charge in [-0.1, -0.05) is 36.8 Å². The van der Waals surface area contributed by atoms with Gasteiger partial charge in [-0.25, -0.2) is 4.98 Å². The van der Waals surface area contributed by atoms with Gasteiger partial charge in [-0.15, -0.1) is 12.4 Å². The van der Waals surface area contributed by atoms with E-state index in [-0.39, 0.29) is 24.2 Å². The molecule has 0 radical (unpaired) electrons. The SMILES string of the molecule is Cl.NC[C@H]1CCC[C@H]1C(=O)Nc1ccc2nc(Cc3ccccc3)oc2c1. The molecular weight excluding hydrogens is 362 g/mol. The van der Waals surface area contributed by atoms with Gasteiger partial charge in [-0.2, -0.15) is 0 Å². The number of nitrogens with one attached hydrogen (secondary N) is 1. The quantitative estimate of drug-likeness (QED) is 0.691. The van der Waals surface area contributed by atoms with Crippen molar-refractivity contribution in [3.05, 3.63) is 60.0 Å². The first kappa shape index (κ1) is 19.4. The average molecular weight is 386 g/mol. The van der Waals surface area contributed by atoms with Crippen molar-refractivity contribution in [2.75, 3.05) is 11.9 Å². The Balaban J connectivity index is 0.00000210. The van der Waals surface area contributed by atoms with Gasteiger partial charge < -0.3 is 15.5 Å². The van der Waals surface area contributed by atoms with Gasteiger partial charge in [0, 0.05) is 24.1 Å². The highest BCUT2D eigenvalue weighted by atomic mass is 35.5. The zero-order valence-electron chi connectivity index (χ0n) is 15.1. The van der Waals surface area contributed by atoms with E-state index < -0.39 is 0 Å². The van der Waals surface area contributed by atoms with E-state index in [1.807, 2.05) is 36.4 Å². The van der Waals surface area contributed by atoms with Crippen LogP contribution in [0.1, 0.15) is 30.7 Å². The van der Waals surface area contributed by atoms with Gasteiger partial charge >= 0.3 is 0 Å². The standard InChI is InChI=1S/C21H23N3O2.ClH/c22-13-15-7-4-8-17(15)21(25)23-16-9-10-18-19(12-16)26-20(24-18)11-14-5-2-1-3-6-14;/h1-3,5-6,9-10,12,15,17H,4,7-8,11,13,22H2,(H,23,25);1H/t15-,17-;/m1./s1. The fraction of sp³-hybridized carbons (Fsp3) is 0.333. The maximum absolute atomic E-state index is 12.6. The first-order chi connectivity index (χ1) is 12.7. The molecule has 4 rings (SSSR count). The summed E-state index contributed by atoms with van der Waals surface area (Å²) in [5, 5.41) is 3.02. The van der Waals surface area contributed by atoms with Crippen LogP contribution in [0, 0.1) is 11.8 Å². The minimum atomic E-state index is 0. The predicted octanol–water partition coefficient (Wildman–Crippen LogP) is 4.15. The molecule has 5 nitrogen and oxygen atoms in total. The molecule has 6 heteroatoms. The van der Waals surface area contributed by atoms with Gasteiger partial charge in [0.15, 0.2) is 11.5 Å². The van der Waals surface area contributed by atoms with Gasteiger partial charge in [0.05, 0.1) is 0 Å². The van der Waals surface area contributed by atoms with Crippen LogP contribution in [-0.2, 0) is 11.2 Å². The fourth-order valence-electron chi connectivity index (χ4n) is 3.80. The second-order valence-corrected chi connectivity index (χ2v) is 6.97. The molecule has 2 atom stereocenters. The van der Waals surface area contributed by atoms with Crippen LogP contribution < -0.4 is 11.1 Å². The van der Waals surface area contributed by atoms with Crippen LogP contribution in [-0.4, -0.2) is 17.4 Å². The first-order valence-corrected chi connectivity index (χ1v) is 9.17. The molecule has 0 spiro atoms. The van der Waals surface area contributed by atoms with Crippen LogP contribution in [0.5, 0.6) is 0 Å². The molecular formula is C21H24ClN3O2. The number of halogens is 1. The molecule has 1 aromatic heterocycles. The summed E-state index contributed by atoms with van der Waals surface area (Å²) in [5.74, 6) is 1.04. The number of oxazole rings is 1. The van der Waals surface area contributed by atoms with Crippen LogP contribution >= 0.6 is 12.4 Å². The van der Waals surface area contributed by atoms with Crippen LogP contribution in [0.3, 0.4) is 0 Å². The number of hydrogen-bond acceptors (Lipinski definition) is 4. The van der Waals surface area contributed by atoms with Gasteiger partial charge in [0.25, 0.3) is 0 Å². The van der Waals surface area contributed by atoms with Gasteiger partial charge in [-0.3, -0.25) is 4.79 Å². The van der Waals surface area contributed by atoms with Crippen molar-refractivity contribution >= 4 is 35.1 Å². The molecule has 27 heavy (non-hydrogen) atoms. The molecule has 1 heterocycles. The summed E-state index contributed by atoms with van der Waals surface area (Å²) in [6, 6.07) is 15.7. The summed E-state index contributed by atoms with van der Waals surface area (Å²) in [6.45, 7) is 0.571. The van der Waals surface area contributed by atoms with E-state index in [2.05, 4.69) is 22.4 Å². The molecule has 3 aromatic rings. The highest BCUT2D eigenvalue weighted by molar-refractivity contribution is 5.94. The molecule has 1 aliphatic carbocycles. The Morgan fingerprint density at radius 3 is 2.78 bits per heavy atom. The number of nitrogens with two attached hydrogens (primary N) is 1. The lowest BCUT2D eigenvalue weighted by Crippen LogP contribution is -2.29. The fourth-order valence-corrected chi connectivity index (χ4v) is 3.80. The number of hydrogen-bond donors (Lipinski definition) is 2. The Kier molecular flexibility index (Phi) is 6.14. The van der Waals surface area contributed by atoms with E-state index in [0.29, 0.717) is 30.4 Å². The second-order valence-electron chi connectivity index (χ2n) is 6.97. The largest absolute Gasteiger partial charge is 0.440 e.